The highest BCUT2D eigenvalue weighted by atomic mass is 35.5. The van der Waals surface area contributed by atoms with Crippen molar-refractivity contribution in [3.8, 4) is 0 Å². The molecule has 0 unspecified atom stereocenters. The van der Waals surface area contributed by atoms with Crippen LogP contribution in [-0.4, -0.2) is 45.0 Å². The molecule has 9 nitrogen and oxygen atoms in total. The number of benzene rings is 1. The van der Waals surface area contributed by atoms with E-state index in [0.717, 1.165) is 6.07 Å². The molecule has 3 amide bonds. The summed E-state index contributed by atoms with van der Waals surface area (Å²) in [6.07, 6.45) is 0. The summed E-state index contributed by atoms with van der Waals surface area (Å²) in [6, 6.07) is 2.88. The summed E-state index contributed by atoms with van der Waals surface area (Å²) in [7, 11) is -3.99. The fourth-order valence-corrected chi connectivity index (χ4v) is 3.96. The van der Waals surface area contributed by atoms with Gasteiger partial charge in [-0.3, -0.25) is 10.1 Å². The molecular weight excluding hydrogens is 422 g/mol. The molecule has 1 aromatic rings. The fraction of sp³-hybridized carbons (Fsp3) is 0.500. The lowest BCUT2D eigenvalue weighted by Gasteiger charge is -2.21. The van der Waals surface area contributed by atoms with Gasteiger partial charge in [-0.25, -0.2) is 22.7 Å². The molecule has 0 aliphatic carbocycles. The van der Waals surface area contributed by atoms with Crippen molar-refractivity contribution in [2.75, 3.05) is 13.2 Å². The van der Waals surface area contributed by atoms with Crippen LogP contribution >= 0.6 is 11.6 Å². The number of sulfonamides is 1. The second kappa shape index (κ2) is 10.0. The molecule has 1 aromatic carbocycles. The molecule has 0 heterocycles. The highest BCUT2D eigenvalue weighted by Gasteiger charge is 2.25. The molecular formula is C18H26ClN3O6S. The molecule has 0 radical (unpaired) electrons. The Morgan fingerprint density at radius 2 is 1.79 bits per heavy atom. The van der Waals surface area contributed by atoms with E-state index in [1.807, 2.05) is 19.2 Å². The first-order chi connectivity index (χ1) is 13.2. The minimum Gasteiger partial charge on any atom is -0.452 e. The van der Waals surface area contributed by atoms with Crippen molar-refractivity contribution in [3.63, 3.8) is 0 Å². The zero-order valence-corrected chi connectivity index (χ0v) is 18.5. The number of hydrogen-bond donors (Lipinski definition) is 3. The summed E-state index contributed by atoms with van der Waals surface area (Å²) in [6.45, 7) is 8.43. The van der Waals surface area contributed by atoms with E-state index in [-0.39, 0.29) is 21.4 Å². The molecule has 0 saturated heterocycles. The van der Waals surface area contributed by atoms with Gasteiger partial charge in [0.1, 0.15) is 4.90 Å². The summed E-state index contributed by atoms with van der Waals surface area (Å²) in [5.74, 6) is -1.56. The van der Waals surface area contributed by atoms with Gasteiger partial charge < -0.3 is 10.1 Å². The Morgan fingerprint density at radius 3 is 2.34 bits per heavy atom. The van der Waals surface area contributed by atoms with Crippen LogP contribution in [0.5, 0.6) is 0 Å². The van der Waals surface area contributed by atoms with Crippen LogP contribution in [0.1, 0.15) is 45.0 Å². The standard InChI is InChI=1S/C18H26ClN3O6S/c1-11(2)9-20-17(25)21-15(23)10-28-16(24)12-6-7-13(19)14(8-12)29(26,27)22-18(3,4)5/h6-8,11,22H,9-10H2,1-5H3,(H2,20,21,23,25). The minimum atomic E-state index is -3.99. The largest absolute Gasteiger partial charge is 0.452 e. The van der Waals surface area contributed by atoms with Gasteiger partial charge in [0.15, 0.2) is 6.61 Å². The van der Waals surface area contributed by atoms with Gasteiger partial charge in [0.05, 0.1) is 10.6 Å². The zero-order valence-electron chi connectivity index (χ0n) is 17.0. The number of nitrogens with one attached hydrogen (secondary N) is 3. The first-order valence-corrected chi connectivity index (χ1v) is 10.7. The predicted octanol–water partition coefficient (Wildman–Crippen LogP) is 2.06. The maximum absolute atomic E-state index is 12.5. The monoisotopic (exact) mass is 447 g/mol. The molecule has 0 aliphatic heterocycles. The third kappa shape index (κ3) is 8.80. The highest BCUT2D eigenvalue weighted by molar-refractivity contribution is 7.89. The third-order valence-corrected chi connectivity index (χ3v) is 5.39. The van der Waals surface area contributed by atoms with Crippen LogP contribution in [0, 0.1) is 5.92 Å². The average Bonchev–Trinajstić information content (AvgIpc) is 2.56. The second-order valence-electron chi connectivity index (χ2n) is 7.73. The van der Waals surface area contributed by atoms with Crippen LogP contribution in [0.15, 0.2) is 23.1 Å². The Morgan fingerprint density at radius 1 is 1.17 bits per heavy atom. The van der Waals surface area contributed by atoms with Gasteiger partial charge in [-0.05, 0) is 44.9 Å². The van der Waals surface area contributed by atoms with Crippen molar-refractivity contribution >= 4 is 39.5 Å². The Bertz CT molecular complexity index is 878. The van der Waals surface area contributed by atoms with E-state index in [1.165, 1.54) is 12.1 Å². The molecule has 0 aliphatic rings. The Labute approximate surface area is 175 Å². The van der Waals surface area contributed by atoms with Crippen LogP contribution in [0.25, 0.3) is 0 Å². The highest BCUT2D eigenvalue weighted by Crippen LogP contribution is 2.24. The molecule has 0 atom stereocenters. The summed E-state index contributed by atoms with van der Waals surface area (Å²) in [5.41, 5.74) is -0.867. The number of esters is 1. The van der Waals surface area contributed by atoms with Gasteiger partial charge in [-0.2, -0.15) is 0 Å². The molecule has 162 valence electrons. The predicted molar refractivity (Wildman–Crippen MR) is 108 cm³/mol. The minimum absolute atomic E-state index is 0.0714. The summed E-state index contributed by atoms with van der Waals surface area (Å²) in [4.78, 5) is 35.1. The summed E-state index contributed by atoms with van der Waals surface area (Å²) >= 11 is 5.97. The topological polar surface area (TPSA) is 131 Å². The lowest BCUT2D eigenvalue weighted by Crippen LogP contribution is -2.42. The first kappa shape index (κ1) is 24.9. The van der Waals surface area contributed by atoms with Crippen molar-refractivity contribution in [2.24, 2.45) is 5.92 Å². The van der Waals surface area contributed by atoms with E-state index in [2.05, 4.69) is 10.0 Å². The Kier molecular flexibility index (Phi) is 8.61. The van der Waals surface area contributed by atoms with Crippen LogP contribution < -0.4 is 15.4 Å². The molecule has 0 aromatic heterocycles. The number of imide groups is 1. The van der Waals surface area contributed by atoms with E-state index in [1.54, 1.807) is 20.8 Å². The fourth-order valence-electron chi connectivity index (χ4n) is 2.01. The number of urea groups is 1. The van der Waals surface area contributed by atoms with E-state index in [4.69, 9.17) is 16.3 Å². The quantitative estimate of drug-likeness (QED) is 0.548. The van der Waals surface area contributed by atoms with Crippen molar-refractivity contribution in [2.45, 2.75) is 45.1 Å². The second-order valence-corrected chi connectivity index (χ2v) is 9.79. The maximum atomic E-state index is 12.5. The maximum Gasteiger partial charge on any atom is 0.338 e. The van der Waals surface area contributed by atoms with E-state index in [9.17, 15) is 22.8 Å². The summed E-state index contributed by atoms with van der Waals surface area (Å²) in [5, 5.41) is 4.43. The van der Waals surface area contributed by atoms with Crippen molar-refractivity contribution in [3.05, 3.63) is 28.8 Å². The molecule has 0 fully saturated rings. The van der Waals surface area contributed by atoms with Crippen molar-refractivity contribution in [1.29, 1.82) is 0 Å². The van der Waals surface area contributed by atoms with Gasteiger partial charge in [-0.15, -0.1) is 0 Å². The Hall–Kier alpha value is -2.17. The number of hydrogen-bond acceptors (Lipinski definition) is 6. The van der Waals surface area contributed by atoms with Gasteiger partial charge in [0.25, 0.3) is 5.91 Å². The van der Waals surface area contributed by atoms with Crippen LogP contribution in [0.2, 0.25) is 5.02 Å². The molecule has 29 heavy (non-hydrogen) atoms. The van der Waals surface area contributed by atoms with E-state index < -0.39 is 40.1 Å². The number of ether oxygens (including phenoxy) is 1. The van der Waals surface area contributed by atoms with Gasteiger partial charge in [0.2, 0.25) is 10.0 Å². The van der Waals surface area contributed by atoms with Gasteiger partial charge in [-0.1, -0.05) is 25.4 Å². The molecule has 0 bridgehead atoms. The zero-order chi connectivity index (χ0) is 22.4. The molecule has 0 saturated carbocycles. The summed E-state index contributed by atoms with van der Waals surface area (Å²) < 4.78 is 32.2. The van der Waals surface area contributed by atoms with Gasteiger partial charge >= 0.3 is 12.0 Å². The van der Waals surface area contributed by atoms with Crippen molar-refractivity contribution in [1.82, 2.24) is 15.4 Å². The molecule has 1 rings (SSSR count). The number of carbonyl (C=O) groups excluding carboxylic acids is 3. The Balaban J connectivity index is 2.79. The van der Waals surface area contributed by atoms with Crippen molar-refractivity contribution < 1.29 is 27.5 Å². The van der Waals surface area contributed by atoms with E-state index in [0.29, 0.717) is 6.54 Å². The van der Waals surface area contributed by atoms with Crippen LogP contribution in [0.4, 0.5) is 4.79 Å². The SMILES string of the molecule is CC(C)CNC(=O)NC(=O)COC(=O)c1ccc(Cl)c(S(=O)(=O)NC(C)(C)C)c1. The number of carbonyl (C=O) groups is 3. The van der Waals surface area contributed by atoms with Crippen LogP contribution in [-0.2, 0) is 19.6 Å². The van der Waals surface area contributed by atoms with E-state index >= 15 is 0 Å². The average molecular weight is 448 g/mol. The lowest BCUT2D eigenvalue weighted by molar-refractivity contribution is -0.123. The third-order valence-electron chi connectivity index (χ3n) is 3.16. The van der Waals surface area contributed by atoms with Gasteiger partial charge in [0, 0.05) is 12.1 Å². The number of rotatable bonds is 7. The lowest BCUT2D eigenvalue weighted by atomic mass is 10.1. The normalized spacial score (nSPS) is 11.8. The molecule has 11 heteroatoms. The number of halogens is 1. The molecule has 3 N–H and O–H groups in total. The van der Waals surface area contributed by atoms with Crippen LogP contribution in [0.3, 0.4) is 0 Å². The smallest absolute Gasteiger partial charge is 0.338 e. The first-order valence-electron chi connectivity index (χ1n) is 8.79. The molecule has 0 spiro atoms. The number of amides is 3.